The lowest BCUT2D eigenvalue weighted by Crippen LogP contribution is -2.39. The van der Waals surface area contributed by atoms with Gasteiger partial charge in [0.1, 0.15) is 0 Å². The second-order valence-corrected chi connectivity index (χ2v) is 7.68. The van der Waals surface area contributed by atoms with Crippen LogP contribution in [0.15, 0.2) is 35.4 Å². The number of hydrogen-bond acceptors (Lipinski definition) is 4. The number of piperidine rings is 1. The molecule has 0 spiro atoms. The molecule has 3 rings (SSSR count). The van der Waals surface area contributed by atoms with Crippen molar-refractivity contribution < 1.29 is 9.53 Å². The molecule has 0 saturated carbocycles. The molecule has 2 heterocycles. The number of ether oxygens (including phenoxy) is 1. The number of esters is 1. The van der Waals surface area contributed by atoms with E-state index in [0.717, 1.165) is 22.6 Å². The summed E-state index contributed by atoms with van der Waals surface area (Å²) < 4.78 is 7.26. The Balaban J connectivity index is 1.84. The Morgan fingerprint density at radius 1 is 1.18 bits per heavy atom. The molecule has 150 valence electrons. The van der Waals surface area contributed by atoms with E-state index in [1.165, 1.54) is 19.3 Å². The summed E-state index contributed by atoms with van der Waals surface area (Å²) in [7, 11) is 0. The fourth-order valence-corrected chi connectivity index (χ4v) is 4.04. The summed E-state index contributed by atoms with van der Waals surface area (Å²) in [6.07, 6.45) is 5.68. The SMILES string of the molecule is CCOC(=O)c1ccc(-n2c(C)cc(C=NN3C(C)CCCC3C)c2C)cc1. The minimum Gasteiger partial charge on any atom is -0.462 e. The van der Waals surface area contributed by atoms with E-state index in [2.05, 4.69) is 43.3 Å². The van der Waals surface area contributed by atoms with Crippen molar-refractivity contribution in [3.05, 3.63) is 52.8 Å². The molecule has 0 aliphatic carbocycles. The number of aryl methyl sites for hydroxylation is 1. The second-order valence-electron chi connectivity index (χ2n) is 7.68. The zero-order valence-electron chi connectivity index (χ0n) is 17.6. The van der Waals surface area contributed by atoms with E-state index in [1.807, 2.05) is 37.4 Å². The van der Waals surface area contributed by atoms with Crippen molar-refractivity contribution in [1.29, 1.82) is 0 Å². The Hall–Kier alpha value is -2.56. The van der Waals surface area contributed by atoms with E-state index in [9.17, 15) is 4.79 Å². The minimum atomic E-state index is -0.285. The van der Waals surface area contributed by atoms with Gasteiger partial charge in [-0.25, -0.2) is 4.79 Å². The third kappa shape index (κ3) is 4.13. The van der Waals surface area contributed by atoms with Gasteiger partial charge in [-0.05, 0) is 84.2 Å². The number of hydrogen-bond donors (Lipinski definition) is 0. The molecule has 0 N–H and O–H groups in total. The number of benzene rings is 1. The van der Waals surface area contributed by atoms with Crippen molar-refractivity contribution in [2.45, 2.75) is 66.0 Å². The highest BCUT2D eigenvalue weighted by molar-refractivity contribution is 5.89. The fraction of sp³-hybridized carbons (Fsp3) is 0.478. The summed E-state index contributed by atoms with van der Waals surface area (Å²) >= 11 is 0. The highest BCUT2D eigenvalue weighted by Crippen LogP contribution is 2.24. The number of carbonyl (C=O) groups is 1. The maximum atomic E-state index is 11.9. The van der Waals surface area contributed by atoms with Gasteiger partial charge in [-0.2, -0.15) is 5.10 Å². The molecule has 0 radical (unpaired) electrons. The molecule has 2 unspecified atom stereocenters. The molecule has 2 aromatic rings. The van der Waals surface area contributed by atoms with Gasteiger partial charge in [0, 0.05) is 34.7 Å². The van der Waals surface area contributed by atoms with Crippen LogP contribution in [0, 0.1) is 13.8 Å². The van der Waals surface area contributed by atoms with Crippen molar-refractivity contribution in [1.82, 2.24) is 9.58 Å². The lowest BCUT2D eigenvalue weighted by molar-refractivity contribution is 0.0526. The van der Waals surface area contributed by atoms with Crippen LogP contribution >= 0.6 is 0 Å². The predicted octanol–water partition coefficient (Wildman–Crippen LogP) is 4.87. The first-order valence-electron chi connectivity index (χ1n) is 10.2. The number of aromatic nitrogens is 1. The molecule has 0 bridgehead atoms. The highest BCUT2D eigenvalue weighted by Gasteiger charge is 2.23. The average molecular weight is 382 g/mol. The van der Waals surface area contributed by atoms with Crippen molar-refractivity contribution in [2.24, 2.45) is 5.10 Å². The summed E-state index contributed by atoms with van der Waals surface area (Å²) in [5, 5.41) is 7.06. The van der Waals surface area contributed by atoms with E-state index in [0.29, 0.717) is 24.3 Å². The van der Waals surface area contributed by atoms with Gasteiger partial charge in [0.05, 0.1) is 18.4 Å². The quantitative estimate of drug-likeness (QED) is 0.548. The van der Waals surface area contributed by atoms with Crippen LogP contribution in [0.4, 0.5) is 0 Å². The molecule has 1 aromatic carbocycles. The standard InChI is InChI=1S/C23H31N3O2/c1-6-28-23(27)20-10-12-22(13-11-20)25-18(4)14-21(19(25)5)15-24-26-16(2)8-7-9-17(26)3/h10-17H,6-9H2,1-5H3. The van der Waals surface area contributed by atoms with Crippen LogP contribution in [0.5, 0.6) is 0 Å². The Kier molecular flexibility index (Phi) is 6.22. The molecule has 5 heteroatoms. The predicted molar refractivity (Wildman–Crippen MR) is 113 cm³/mol. The van der Waals surface area contributed by atoms with Gasteiger partial charge in [0.2, 0.25) is 0 Å². The van der Waals surface area contributed by atoms with Crippen LogP contribution in [0.2, 0.25) is 0 Å². The minimum absolute atomic E-state index is 0.285. The summed E-state index contributed by atoms with van der Waals surface area (Å²) in [6, 6.07) is 10.7. The second kappa shape index (κ2) is 8.63. The van der Waals surface area contributed by atoms with Crippen LogP contribution < -0.4 is 0 Å². The molecule has 28 heavy (non-hydrogen) atoms. The molecule has 2 atom stereocenters. The van der Waals surface area contributed by atoms with E-state index < -0.39 is 0 Å². The van der Waals surface area contributed by atoms with Gasteiger partial charge in [-0.3, -0.25) is 5.01 Å². The van der Waals surface area contributed by atoms with Crippen LogP contribution in [0.1, 0.15) is 67.3 Å². The summed E-state index contributed by atoms with van der Waals surface area (Å²) in [5.41, 5.74) is 5.01. The molecular formula is C23H31N3O2. The topological polar surface area (TPSA) is 46.8 Å². The lowest BCUT2D eigenvalue weighted by atomic mass is 10.00. The van der Waals surface area contributed by atoms with Crippen molar-refractivity contribution in [3.8, 4) is 5.69 Å². The molecule has 0 amide bonds. The maximum absolute atomic E-state index is 11.9. The summed E-state index contributed by atoms with van der Waals surface area (Å²) in [5.74, 6) is -0.285. The van der Waals surface area contributed by atoms with Crippen molar-refractivity contribution >= 4 is 12.2 Å². The largest absolute Gasteiger partial charge is 0.462 e. The first kappa shape index (κ1) is 20.2. The zero-order chi connectivity index (χ0) is 20.3. The third-order valence-electron chi connectivity index (χ3n) is 5.58. The van der Waals surface area contributed by atoms with Gasteiger partial charge in [0.25, 0.3) is 0 Å². The van der Waals surface area contributed by atoms with Crippen molar-refractivity contribution in [3.63, 3.8) is 0 Å². The molecule has 1 aliphatic heterocycles. The van der Waals surface area contributed by atoms with E-state index >= 15 is 0 Å². The van der Waals surface area contributed by atoms with Crippen LogP contribution in [-0.4, -0.2) is 40.5 Å². The van der Waals surface area contributed by atoms with Gasteiger partial charge < -0.3 is 9.30 Å². The maximum Gasteiger partial charge on any atom is 0.338 e. The first-order valence-corrected chi connectivity index (χ1v) is 10.2. The third-order valence-corrected chi connectivity index (χ3v) is 5.58. The lowest BCUT2D eigenvalue weighted by Gasteiger charge is -2.36. The Morgan fingerprint density at radius 2 is 1.82 bits per heavy atom. The van der Waals surface area contributed by atoms with Crippen LogP contribution in [-0.2, 0) is 4.74 Å². The van der Waals surface area contributed by atoms with E-state index in [1.54, 1.807) is 0 Å². The van der Waals surface area contributed by atoms with Gasteiger partial charge in [-0.15, -0.1) is 0 Å². The van der Waals surface area contributed by atoms with Crippen LogP contribution in [0.25, 0.3) is 5.69 Å². The Morgan fingerprint density at radius 3 is 2.43 bits per heavy atom. The molecule has 1 aliphatic rings. The zero-order valence-corrected chi connectivity index (χ0v) is 17.6. The number of carbonyl (C=O) groups excluding carboxylic acids is 1. The Labute approximate surface area is 168 Å². The molecule has 1 aromatic heterocycles. The average Bonchev–Trinajstić information content (AvgIpc) is 2.95. The molecule has 5 nitrogen and oxygen atoms in total. The summed E-state index contributed by atoms with van der Waals surface area (Å²) in [4.78, 5) is 11.9. The molecular weight excluding hydrogens is 350 g/mol. The number of rotatable bonds is 5. The summed E-state index contributed by atoms with van der Waals surface area (Å²) in [6.45, 7) is 10.9. The highest BCUT2D eigenvalue weighted by atomic mass is 16.5. The monoisotopic (exact) mass is 381 g/mol. The van der Waals surface area contributed by atoms with Crippen molar-refractivity contribution in [2.75, 3.05) is 6.61 Å². The molecule has 1 fully saturated rings. The number of nitrogens with zero attached hydrogens (tertiary/aromatic N) is 3. The normalized spacial score (nSPS) is 20.0. The van der Waals surface area contributed by atoms with Gasteiger partial charge in [0.15, 0.2) is 0 Å². The van der Waals surface area contributed by atoms with E-state index in [4.69, 9.17) is 9.84 Å². The molecule has 1 saturated heterocycles. The first-order chi connectivity index (χ1) is 13.4. The van der Waals surface area contributed by atoms with Gasteiger partial charge >= 0.3 is 5.97 Å². The van der Waals surface area contributed by atoms with Crippen LogP contribution in [0.3, 0.4) is 0 Å². The number of hydrazone groups is 1. The Bertz CT molecular complexity index is 841. The fourth-order valence-electron chi connectivity index (χ4n) is 4.04. The van der Waals surface area contributed by atoms with Gasteiger partial charge in [-0.1, -0.05) is 0 Å². The van der Waals surface area contributed by atoms with E-state index in [-0.39, 0.29) is 5.97 Å². The smallest absolute Gasteiger partial charge is 0.338 e.